The number of ether oxygens (including phenoxy) is 1. The summed E-state index contributed by atoms with van der Waals surface area (Å²) in [5, 5.41) is 0. The minimum absolute atomic E-state index is 0.178. The van der Waals surface area contributed by atoms with Crippen molar-refractivity contribution in [2.24, 2.45) is 0 Å². The Morgan fingerprint density at radius 1 is 1.42 bits per heavy atom. The lowest BCUT2D eigenvalue weighted by molar-refractivity contribution is -0.340. The second kappa shape index (κ2) is 3.22. The van der Waals surface area contributed by atoms with Crippen molar-refractivity contribution in [1.82, 2.24) is 4.90 Å². The summed E-state index contributed by atoms with van der Waals surface area (Å²) in [7, 11) is 1.80. The fraction of sp³-hybridized carbons (Fsp3) is 1.00. The molecule has 0 saturated carbocycles. The van der Waals surface area contributed by atoms with Crippen LogP contribution in [0.3, 0.4) is 0 Å². The Kier molecular flexibility index (Phi) is 2.63. The standard InChI is InChI=1S/C7H12F3NO/c1-5-3-6(4-11(5)2)12-7(8,9)10/h5-6H,3-4H2,1-2H3/t5-,6-/m0/s1. The molecular formula is C7H12F3NO. The van der Waals surface area contributed by atoms with E-state index in [4.69, 9.17) is 0 Å². The molecular weight excluding hydrogens is 171 g/mol. The van der Waals surface area contributed by atoms with Gasteiger partial charge in [0.05, 0.1) is 6.10 Å². The van der Waals surface area contributed by atoms with Gasteiger partial charge in [-0.15, -0.1) is 13.2 Å². The molecule has 5 heteroatoms. The van der Waals surface area contributed by atoms with Crippen molar-refractivity contribution in [3.63, 3.8) is 0 Å². The van der Waals surface area contributed by atoms with Crippen LogP contribution in [-0.2, 0) is 4.74 Å². The van der Waals surface area contributed by atoms with Gasteiger partial charge in [-0.3, -0.25) is 4.74 Å². The molecule has 1 saturated heterocycles. The first kappa shape index (κ1) is 9.80. The minimum Gasteiger partial charge on any atom is -0.301 e. The van der Waals surface area contributed by atoms with E-state index >= 15 is 0 Å². The number of halogens is 3. The van der Waals surface area contributed by atoms with Crippen molar-refractivity contribution in [2.45, 2.75) is 31.9 Å². The lowest BCUT2D eigenvalue weighted by Gasteiger charge is -2.13. The van der Waals surface area contributed by atoms with Crippen LogP contribution in [0.4, 0.5) is 13.2 Å². The monoisotopic (exact) mass is 183 g/mol. The van der Waals surface area contributed by atoms with Crippen LogP contribution in [0.2, 0.25) is 0 Å². The highest BCUT2D eigenvalue weighted by atomic mass is 19.4. The van der Waals surface area contributed by atoms with Crippen molar-refractivity contribution in [1.29, 1.82) is 0 Å². The molecule has 0 N–H and O–H groups in total. The maximum absolute atomic E-state index is 11.7. The average molecular weight is 183 g/mol. The summed E-state index contributed by atoms with van der Waals surface area (Å²) >= 11 is 0. The molecule has 2 nitrogen and oxygen atoms in total. The van der Waals surface area contributed by atoms with Crippen LogP contribution in [0.25, 0.3) is 0 Å². The molecule has 0 unspecified atom stereocenters. The Bertz CT molecular complexity index is 149. The molecule has 0 aromatic carbocycles. The van der Waals surface area contributed by atoms with Crippen molar-refractivity contribution in [2.75, 3.05) is 13.6 Å². The molecule has 1 heterocycles. The summed E-state index contributed by atoms with van der Waals surface area (Å²) in [4.78, 5) is 1.86. The van der Waals surface area contributed by atoms with Crippen LogP contribution < -0.4 is 0 Å². The Morgan fingerprint density at radius 3 is 2.33 bits per heavy atom. The van der Waals surface area contributed by atoms with E-state index in [1.165, 1.54) is 0 Å². The van der Waals surface area contributed by atoms with E-state index in [0.29, 0.717) is 13.0 Å². The van der Waals surface area contributed by atoms with Gasteiger partial charge in [-0.2, -0.15) is 0 Å². The molecule has 2 atom stereocenters. The molecule has 0 radical (unpaired) electrons. The highest BCUT2D eigenvalue weighted by Gasteiger charge is 2.37. The third-order valence-corrected chi connectivity index (χ3v) is 2.15. The van der Waals surface area contributed by atoms with Crippen molar-refractivity contribution in [3.8, 4) is 0 Å². The maximum atomic E-state index is 11.7. The lowest BCUT2D eigenvalue weighted by atomic mass is 10.2. The van der Waals surface area contributed by atoms with E-state index in [9.17, 15) is 13.2 Å². The first-order valence-corrected chi connectivity index (χ1v) is 3.83. The van der Waals surface area contributed by atoms with Crippen LogP contribution >= 0.6 is 0 Å². The Balaban J connectivity index is 2.38. The smallest absolute Gasteiger partial charge is 0.301 e. The number of hydrogen-bond acceptors (Lipinski definition) is 2. The molecule has 0 spiro atoms. The summed E-state index contributed by atoms with van der Waals surface area (Å²) < 4.78 is 39.1. The van der Waals surface area contributed by atoms with E-state index in [2.05, 4.69) is 4.74 Å². The van der Waals surface area contributed by atoms with Crippen LogP contribution in [-0.4, -0.2) is 37.0 Å². The highest BCUT2D eigenvalue weighted by molar-refractivity contribution is 4.80. The van der Waals surface area contributed by atoms with E-state index in [1.54, 1.807) is 7.05 Å². The van der Waals surface area contributed by atoms with Crippen molar-refractivity contribution >= 4 is 0 Å². The molecule has 1 fully saturated rings. The molecule has 0 aromatic rings. The van der Waals surface area contributed by atoms with Gasteiger partial charge in [-0.25, -0.2) is 0 Å². The van der Waals surface area contributed by atoms with Gasteiger partial charge in [-0.05, 0) is 20.4 Å². The second-order valence-electron chi connectivity index (χ2n) is 3.21. The van der Waals surface area contributed by atoms with E-state index < -0.39 is 12.5 Å². The van der Waals surface area contributed by atoms with E-state index in [0.717, 1.165) is 0 Å². The maximum Gasteiger partial charge on any atom is 0.522 e. The van der Waals surface area contributed by atoms with Crippen LogP contribution in [0.1, 0.15) is 13.3 Å². The van der Waals surface area contributed by atoms with Gasteiger partial charge in [-0.1, -0.05) is 0 Å². The minimum atomic E-state index is -4.49. The zero-order valence-corrected chi connectivity index (χ0v) is 7.06. The first-order chi connectivity index (χ1) is 5.38. The number of likely N-dealkylation sites (tertiary alicyclic amines) is 1. The molecule has 0 bridgehead atoms. The molecule has 1 aliphatic rings. The summed E-state index contributed by atoms with van der Waals surface area (Å²) in [6.45, 7) is 2.25. The molecule has 0 amide bonds. The first-order valence-electron chi connectivity index (χ1n) is 3.83. The van der Waals surface area contributed by atoms with Gasteiger partial charge < -0.3 is 4.90 Å². The molecule has 12 heavy (non-hydrogen) atoms. The number of rotatable bonds is 1. The Morgan fingerprint density at radius 2 is 2.00 bits per heavy atom. The van der Waals surface area contributed by atoms with E-state index in [1.807, 2.05) is 11.8 Å². The SMILES string of the molecule is C[C@H]1C[C@H](OC(F)(F)F)CN1C. The van der Waals surface area contributed by atoms with Crippen LogP contribution in [0, 0.1) is 0 Å². The molecule has 1 aliphatic heterocycles. The topological polar surface area (TPSA) is 12.5 Å². The van der Waals surface area contributed by atoms with Gasteiger partial charge in [0.2, 0.25) is 0 Å². The number of nitrogens with zero attached hydrogens (tertiary/aromatic N) is 1. The Hall–Kier alpha value is -0.290. The van der Waals surface area contributed by atoms with Crippen molar-refractivity contribution in [3.05, 3.63) is 0 Å². The van der Waals surface area contributed by atoms with Gasteiger partial charge in [0.25, 0.3) is 0 Å². The summed E-state index contributed by atoms with van der Waals surface area (Å²) in [5.41, 5.74) is 0. The second-order valence-corrected chi connectivity index (χ2v) is 3.21. The third kappa shape index (κ3) is 2.64. The van der Waals surface area contributed by atoms with Gasteiger partial charge in [0, 0.05) is 12.6 Å². The molecule has 72 valence electrons. The van der Waals surface area contributed by atoms with E-state index in [-0.39, 0.29) is 6.04 Å². The normalized spacial score (nSPS) is 32.8. The zero-order chi connectivity index (χ0) is 9.35. The number of hydrogen-bond donors (Lipinski definition) is 0. The quantitative estimate of drug-likeness (QED) is 0.612. The summed E-state index contributed by atoms with van der Waals surface area (Å²) in [6.07, 6.45) is -4.73. The fourth-order valence-electron chi connectivity index (χ4n) is 1.41. The highest BCUT2D eigenvalue weighted by Crippen LogP contribution is 2.25. The van der Waals surface area contributed by atoms with Crippen LogP contribution in [0.15, 0.2) is 0 Å². The largest absolute Gasteiger partial charge is 0.522 e. The third-order valence-electron chi connectivity index (χ3n) is 2.15. The van der Waals surface area contributed by atoms with Gasteiger partial charge in [0.15, 0.2) is 0 Å². The van der Waals surface area contributed by atoms with Crippen LogP contribution in [0.5, 0.6) is 0 Å². The predicted octanol–water partition coefficient (Wildman–Crippen LogP) is 1.62. The Labute approximate surface area is 69.3 Å². The predicted molar refractivity (Wildman–Crippen MR) is 37.6 cm³/mol. The summed E-state index contributed by atoms with van der Waals surface area (Å²) in [6, 6.07) is 0.178. The number of likely N-dealkylation sites (N-methyl/N-ethyl adjacent to an activating group) is 1. The van der Waals surface area contributed by atoms with Crippen molar-refractivity contribution < 1.29 is 17.9 Å². The molecule has 0 aliphatic carbocycles. The molecule has 1 rings (SSSR count). The number of alkyl halides is 3. The average Bonchev–Trinajstić information content (AvgIpc) is 2.07. The molecule has 0 aromatic heterocycles. The zero-order valence-electron chi connectivity index (χ0n) is 7.06. The summed E-state index contributed by atoms with van der Waals surface area (Å²) in [5.74, 6) is 0. The fourth-order valence-corrected chi connectivity index (χ4v) is 1.41. The van der Waals surface area contributed by atoms with Gasteiger partial charge in [0.1, 0.15) is 0 Å². The van der Waals surface area contributed by atoms with Gasteiger partial charge >= 0.3 is 6.36 Å². The lowest BCUT2D eigenvalue weighted by Crippen LogP contribution is -2.26.